The van der Waals surface area contributed by atoms with Crippen LogP contribution in [0.15, 0.2) is 36.4 Å². The van der Waals surface area contributed by atoms with Crippen LogP contribution in [0, 0.1) is 18.3 Å². The molecule has 5 heterocycles. The summed E-state index contributed by atoms with van der Waals surface area (Å²) in [6, 6.07) is 14.7. The maximum Gasteiger partial charge on any atom is 0.330 e. The van der Waals surface area contributed by atoms with E-state index < -0.39 is 12.0 Å². The molecule has 3 unspecified atom stereocenters. The Morgan fingerprint density at radius 1 is 1.00 bits per heavy atom. The third-order valence-corrected chi connectivity index (χ3v) is 10.2. The van der Waals surface area contributed by atoms with E-state index in [1.807, 2.05) is 0 Å². The quantitative estimate of drug-likeness (QED) is 0.282. The largest absolute Gasteiger partial charge is 0.467 e. The second-order valence-electron chi connectivity index (χ2n) is 13.1. The SMILES string of the molecule is COC(=O)C1CN1C(=O)N1CCN(c2nc(OCC3CCCN3C)nc3c2CCN(c2cccc4cccc(C)c24)C3)CC1CC#N. The molecule has 7 rings (SSSR count). The van der Waals surface area contributed by atoms with Gasteiger partial charge in [0.15, 0.2) is 0 Å². The molecular formula is C35H42N8O4. The molecule has 12 heteroatoms. The second kappa shape index (κ2) is 12.9. The number of aromatic nitrogens is 2. The molecule has 47 heavy (non-hydrogen) atoms. The van der Waals surface area contributed by atoms with Crippen LogP contribution < -0.4 is 14.5 Å². The average molecular weight is 639 g/mol. The van der Waals surface area contributed by atoms with Crippen LogP contribution in [0.2, 0.25) is 0 Å². The molecule has 12 nitrogen and oxygen atoms in total. The minimum absolute atomic E-state index is 0.178. The van der Waals surface area contributed by atoms with Gasteiger partial charge in [-0.05, 0) is 56.8 Å². The van der Waals surface area contributed by atoms with Crippen LogP contribution in [0.3, 0.4) is 0 Å². The smallest absolute Gasteiger partial charge is 0.330 e. The van der Waals surface area contributed by atoms with Crippen LogP contribution in [-0.4, -0.2) is 115 Å². The van der Waals surface area contributed by atoms with Gasteiger partial charge in [0.1, 0.15) is 18.5 Å². The van der Waals surface area contributed by atoms with E-state index in [1.54, 1.807) is 4.90 Å². The topological polar surface area (TPSA) is 118 Å². The maximum absolute atomic E-state index is 13.4. The zero-order chi connectivity index (χ0) is 32.7. The predicted molar refractivity (Wildman–Crippen MR) is 177 cm³/mol. The number of carbonyl (C=O) groups excluding carboxylic acids is 2. The lowest BCUT2D eigenvalue weighted by molar-refractivity contribution is -0.140. The number of ether oxygens (including phenoxy) is 2. The Bertz CT molecular complexity index is 1720. The van der Waals surface area contributed by atoms with Crippen LogP contribution in [-0.2, 0) is 22.5 Å². The van der Waals surface area contributed by atoms with Crippen LogP contribution in [0.1, 0.15) is 36.1 Å². The van der Waals surface area contributed by atoms with Gasteiger partial charge >= 0.3 is 18.0 Å². The van der Waals surface area contributed by atoms with Crippen LogP contribution >= 0.6 is 0 Å². The Morgan fingerprint density at radius 2 is 1.83 bits per heavy atom. The van der Waals surface area contributed by atoms with Crippen molar-refractivity contribution in [1.82, 2.24) is 24.7 Å². The van der Waals surface area contributed by atoms with Crippen molar-refractivity contribution in [3.05, 3.63) is 53.2 Å². The number of aryl methyl sites for hydroxylation is 1. The lowest BCUT2D eigenvalue weighted by Crippen LogP contribution is -2.57. The molecule has 1 aromatic heterocycles. The molecule has 0 aliphatic carbocycles. The van der Waals surface area contributed by atoms with Crippen molar-refractivity contribution in [3.8, 4) is 12.1 Å². The monoisotopic (exact) mass is 638 g/mol. The number of amides is 2. The van der Waals surface area contributed by atoms with Gasteiger partial charge in [-0.1, -0.05) is 30.3 Å². The fraction of sp³-hybridized carbons (Fsp3) is 0.514. The Balaban J connectivity index is 1.18. The summed E-state index contributed by atoms with van der Waals surface area (Å²) in [5.74, 6) is 0.415. The number of hydrogen-bond acceptors (Lipinski definition) is 10. The number of piperazine rings is 1. The van der Waals surface area contributed by atoms with Gasteiger partial charge in [-0.25, -0.2) is 9.59 Å². The van der Waals surface area contributed by atoms with Gasteiger partial charge in [0, 0.05) is 48.9 Å². The summed E-state index contributed by atoms with van der Waals surface area (Å²) in [5.41, 5.74) is 4.48. The number of hydrogen-bond donors (Lipinski definition) is 0. The molecular weight excluding hydrogens is 596 g/mol. The number of fused-ring (bicyclic) bond motifs is 2. The Hall–Kier alpha value is -4.63. The number of likely N-dealkylation sites (tertiary alicyclic amines) is 1. The van der Waals surface area contributed by atoms with E-state index in [-0.39, 0.29) is 18.5 Å². The molecule has 0 saturated carbocycles. The zero-order valence-electron chi connectivity index (χ0n) is 27.4. The molecule has 246 valence electrons. The van der Waals surface area contributed by atoms with E-state index in [0.29, 0.717) is 51.4 Å². The number of benzene rings is 2. The number of methoxy groups -OCH3 is 1. The predicted octanol–water partition coefficient (Wildman–Crippen LogP) is 3.36. The highest BCUT2D eigenvalue weighted by Crippen LogP contribution is 2.36. The van der Waals surface area contributed by atoms with Crippen LogP contribution in [0.5, 0.6) is 6.01 Å². The van der Waals surface area contributed by atoms with Gasteiger partial charge in [-0.3, -0.25) is 0 Å². The van der Waals surface area contributed by atoms with E-state index in [1.165, 1.54) is 34.0 Å². The van der Waals surface area contributed by atoms with Crippen molar-refractivity contribution in [2.24, 2.45) is 0 Å². The molecule has 0 N–H and O–H groups in total. The van der Waals surface area contributed by atoms with Crippen molar-refractivity contribution in [1.29, 1.82) is 5.26 Å². The molecule has 3 atom stereocenters. The summed E-state index contributed by atoms with van der Waals surface area (Å²) in [6.07, 6.45) is 3.18. The first-order valence-corrected chi connectivity index (χ1v) is 16.6. The number of anilines is 2. The van der Waals surface area contributed by atoms with Crippen LogP contribution in [0.25, 0.3) is 10.8 Å². The summed E-state index contributed by atoms with van der Waals surface area (Å²) in [6.45, 7) is 6.94. The van der Waals surface area contributed by atoms with Gasteiger partial charge in [-0.15, -0.1) is 0 Å². The Kier molecular flexibility index (Phi) is 8.49. The third-order valence-electron chi connectivity index (χ3n) is 10.2. The zero-order valence-corrected chi connectivity index (χ0v) is 27.4. The van der Waals surface area contributed by atoms with E-state index in [2.05, 4.69) is 71.1 Å². The van der Waals surface area contributed by atoms with Crippen molar-refractivity contribution in [3.63, 3.8) is 0 Å². The highest BCUT2D eigenvalue weighted by molar-refractivity contribution is 5.97. The van der Waals surface area contributed by atoms with Crippen molar-refractivity contribution in [2.45, 2.75) is 57.3 Å². The molecule has 2 aromatic carbocycles. The number of rotatable bonds is 7. The van der Waals surface area contributed by atoms with Gasteiger partial charge in [0.05, 0.1) is 44.4 Å². The number of likely N-dealkylation sites (N-methyl/N-ethyl adjacent to an activating group) is 1. The molecule has 3 fully saturated rings. The minimum atomic E-state index is -0.547. The summed E-state index contributed by atoms with van der Waals surface area (Å²) in [7, 11) is 3.46. The fourth-order valence-electron chi connectivity index (χ4n) is 7.48. The Labute approximate surface area is 275 Å². The fourth-order valence-corrected chi connectivity index (χ4v) is 7.48. The van der Waals surface area contributed by atoms with E-state index in [0.717, 1.165) is 49.4 Å². The summed E-state index contributed by atoms with van der Waals surface area (Å²) >= 11 is 0. The summed E-state index contributed by atoms with van der Waals surface area (Å²) in [5, 5.41) is 12.2. The van der Waals surface area contributed by atoms with Gasteiger partial charge in [0.25, 0.3) is 0 Å². The Morgan fingerprint density at radius 3 is 2.60 bits per heavy atom. The molecule has 4 aliphatic heterocycles. The number of nitriles is 1. The lowest BCUT2D eigenvalue weighted by atomic mass is 9.99. The molecule has 0 radical (unpaired) electrons. The minimum Gasteiger partial charge on any atom is -0.467 e. The van der Waals surface area contributed by atoms with E-state index >= 15 is 0 Å². The van der Waals surface area contributed by atoms with Gasteiger partial charge in [0.2, 0.25) is 0 Å². The van der Waals surface area contributed by atoms with Gasteiger partial charge < -0.3 is 34.0 Å². The molecule has 2 amide bonds. The summed E-state index contributed by atoms with van der Waals surface area (Å²) < 4.78 is 11.2. The first-order chi connectivity index (χ1) is 22.9. The number of nitrogens with zero attached hydrogens (tertiary/aromatic N) is 8. The molecule has 3 saturated heterocycles. The van der Waals surface area contributed by atoms with Gasteiger partial charge in [-0.2, -0.15) is 15.2 Å². The van der Waals surface area contributed by atoms with Crippen LogP contribution in [0.4, 0.5) is 16.3 Å². The molecule has 3 aromatic rings. The highest BCUT2D eigenvalue weighted by Gasteiger charge is 2.48. The normalized spacial score (nSPS) is 22.6. The summed E-state index contributed by atoms with van der Waals surface area (Å²) in [4.78, 5) is 45.6. The van der Waals surface area contributed by atoms with Crippen molar-refractivity contribution < 1.29 is 19.1 Å². The maximum atomic E-state index is 13.4. The number of carbonyl (C=O) groups is 2. The third kappa shape index (κ3) is 6.00. The molecule has 0 bridgehead atoms. The number of esters is 1. The standard InChI is InChI=1S/C35H42N8O4/c1-23-7-4-8-24-9-5-11-29(31(23)24)40-16-13-27-28(20-40)37-34(47-22-26-10-6-15-39(26)2)38-32(27)41-17-18-42(25(19-41)12-14-36)35(45)43-21-30(43)33(44)46-3/h4-5,7-9,11,25-26,30H,6,10,12-13,15-22H2,1-3H3. The molecule has 0 spiro atoms. The van der Waals surface area contributed by atoms with Crippen molar-refractivity contribution in [2.75, 3.05) is 69.8 Å². The average Bonchev–Trinajstić information content (AvgIpc) is 3.79. The highest BCUT2D eigenvalue weighted by atomic mass is 16.5. The van der Waals surface area contributed by atoms with E-state index in [9.17, 15) is 14.9 Å². The first-order valence-electron chi connectivity index (χ1n) is 16.6. The van der Waals surface area contributed by atoms with E-state index in [4.69, 9.17) is 19.4 Å². The lowest BCUT2D eigenvalue weighted by Gasteiger charge is -2.42. The number of urea groups is 1. The second-order valence-corrected chi connectivity index (χ2v) is 13.1. The molecule has 4 aliphatic rings. The van der Waals surface area contributed by atoms with Crippen molar-refractivity contribution >= 4 is 34.3 Å². The first kappa shape index (κ1) is 31.0.